The molecule has 0 atom stereocenters. The molecule has 7 heteroatoms. The molecule has 1 fully saturated rings. The van der Waals surface area contributed by atoms with Gasteiger partial charge in [0, 0.05) is 45.5 Å². The molecule has 0 aliphatic carbocycles. The summed E-state index contributed by atoms with van der Waals surface area (Å²) in [6.45, 7) is 4.52. The minimum absolute atomic E-state index is 0.00261. The number of hydrogen-bond donors (Lipinski definition) is 1. The van der Waals surface area contributed by atoms with Crippen LogP contribution in [0.25, 0.3) is 0 Å². The lowest BCUT2D eigenvalue weighted by molar-refractivity contribution is 0.109. The summed E-state index contributed by atoms with van der Waals surface area (Å²) in [6, 6.07) is 3.95. The van der Waals surface area contributed by atoms with Crippen molar-refractivity contribution in [2.75, 3.05) is 51.8 Å². The third-order valence-corrected chi connectivity index (χ3v) is 3.73. The summed E-state index contributed by atoms with van der Waals surface area (Å²) in [6.07, 6.45) is 0. The first-order chi connectivity index (χ1) is 10.1. The van der Waals surface area contributed by atoms with Gasteiger partial charge in [-0.3, -0.25) is 4.90 Å². The molecular formula is C14H19ClFN3O2. The maximum absolute atomic E-state index is 13.1. The predicted octanol–water partition coefficient (Wildman–Crippen LogP) is 2.28. The highest BCUT2D eigenvalue weighted by atomic mass is 35.5. The number of rotatable bonds is 4. The zero-order valence-electron chi connectivity index (χ0n) is 11.9. The zero-order valence-corrected chi connectivity index (χ0v) is 12.7. The van der Waals surface area contributed by atoms with E-state index in [4.69, 9.17) is 16.3 Å². The molecule has 1 aliphatic rings. The van der Waals surface area contributed by atoms with Crippen LogP contribution in [0.5, 0.6) is 0 Å². The SMILES string of the molecule is COCCN1CCN(C(=O)Nc2ccc(F)c(Cl)c2)CC1. The fourth-order valence-corrected chi connectivity index (χ4v) is 2.35. The normalized spacial score (nSPS) is 16.0. The highest BCUT2D eigenvalue weighted by molar-refractivity contribution is 6.31. The molecule has 21 heavy (non-hydrogen) atoms. The van der Waals surface area contributed by atoms with E-state index in [0.717, 1.165) is 19.6 Å². The first-order valence-corrected chi connectivity index (χ1v) is 7.20. The highest BCUT2D eigenvalue weighted by Crippen LogP contribution is 2.19. The summed E-state index contributed by atoms with van der Waals surface area (Å²) in [5.41, 5.74) is 0.494. The van der Waals surface area contributed by atoms with E-state index in [1.165, 1.54) is 18.2 Å². The van der Waals surface area contributed by atoms with Crippen LogP contribution in [0.4, 0.5) is 14.9 Å². The topological polar surface area (TPSA) is 44.8 Å². The molecule has 1 saturated heterocycles. The average Bonchev–Trinajstić information content (AvgIpc) is 2.49. The summed E-state index contributed by atoms with van der Waals surface area (Å²) in [7, 11) is 1.68. The first kappa shape index (κ1) is 16.0. The minimum atomic E-state index is -0.499. The smallest absolute Gasteiger partial charge is 0.321 e. The zero-order chi connectivity index (χ0) is 15.2. The number of benzene rings is 1. The Labute approximate surface area is 128 Å². The summed E-state index contributed by atoms with van der Waals surface area (Å²) in [5, 5.41) is 2.73. The van der Waals surface area contributed by atoms with E-state index in [-0.39, 0.29) is 11.1 Å². The van der Waals surface area contributed by atoms with Crippen molar-refractivity contribution in [1.29, 1.82) is 0 Å². The molecule has 1 aromatic rings. The van der Waals surface area contributed by atoms with Crippen molar-refractivity contribution in [3.8, 4) is 0 Å². The molecule has 1 aromatic carbocycles. The lowest BCUT2D eigenvalue weighted by Gasteiger charge is -2.34. The first-order valence-electron chi connectivity index (χ1n) is 6.82. The van der Waals surface area contributed by atoms with Crippen molar-refractivity contribution in [2.24, 2.45) is 0 Å². The van der Waals surface area contributed by atoms with Crippen LogP contribution in [0.15, 0.2) is 18.2 Å². The molecule has 2 amide bonds. The summed E-state index contributed by atoms with van der Waals surface area (Å²) in [5.74, 6) is -0.499. The number of halogens is 2. The van der Waals surface area contributed by atoms with Crippen molar-refractivity contribution in [3.63, 3.8) is 0 Å². The number of methoxy groups -OCH3 is 1. The molecule has 1 heterocycles. The van der Waals surface area contributed by atoms with E-state index in [9.17, 15) is 9.18 Å². The van der Waals surface area contributed by atoms with Gasteiger partial charge in [-0.15, -0.1) is 0 Å². The van der Waals surface area contributed by atoms with E-state index in [1.54, 1.807) is 12.0 Å². The second-order valence-electron chi connectivity index (χ2n) is 4.88. The number of nitrogens with one attached hydrogen (secondary N) is 1. The lowest BCUT2D eigenvalue weighted by Crippen LogP contribution is -2.50. The van der Waals surface area contributed by atoms with Gasteiger partial charge in [-0.1, -0.05) is 11.6 Å². The summed E-state index contributed by atoms with van der Waals surface area (Å²) in [4.78, 5) is 16.1. The van der Waals surface area contributed by atoms with E-state index in [0.29, 0.717) is 25.4 Å². The third kappa shape index (κ3) is 4.56. The number of anilines is 1. The van der Waals surface area contributed by atoms with Gasteiger partial charge < -0.3 is 15.0 Å². The number of amides is 2. The van der Waals surface area contributed by atoms with Gasteiger partial charge in [-0.05, 0) is 18.2 Å². The Kier molecular flexibility index (Phi) is 5.78. The standard InChI is InChI=1S/C14H19ClFN3O2/c1-21-9-8-18-4-6-19(7-5-18)14(20)17-11-2-3-13(16)12(15)10-11/h2-3,10H,4-9H2,1H3,(H,17,20). The Bertz CT molecular complexity index is 493. The van der Waals surface area contributed by atoms with Crippen LogP contribution in [-0.2, 0) is 4.74 Å². The molecule has 5 nitrogen and oxygen atoms in total. The quantitative estimate of drug-likeness (QED) is 0.927. The molecule has 116 valence electrons. The number of nitrogens with zero attached hydrogens (tertiary/aromatic N) is 2. The maximum atomic E-state index is 13.1. The number of carbonyl (C=O) groups excluding carboxylic acids is 1. The fourth-order valence-electron chi connectivity index (χ4n) is 2.17. The number of ether oxygens (including phenoxy) is 1. The average molecular weight is 316 g/mol. The van der Waals surface area contributed by atoms with Crippen molar-refractivity contribution in [3.05, 3.63) is 29.0 Å². The van der Waals surface area contributed by atoms with Crippen molar-refractivity contribution in [1.82, 2.24) is 9.80 Å². The molecule has 0 bridgehead atoms. The van der Waals surface area contributed by atoms with Gasteiger partial charge in [0.15, 0.2) is 0 Å². The lowest BCUT2D eigenvalue weighted by atomic mass is 10.3. The number of urea groups is 1. The van der Waals surface area contributed by atoms with Gasteiger partial charge >= 0.3 is 6.03 Å². The van der Waals surface area contributed by atoms with Gasteiger partial charge in [0.25, 0.3) is 0 Å². The van der Waals surface area contributed by atoms with Crippen molar-refractivity contribution < 1.29 is 13.9 Å². The Hall–Kier alpha value is -1.37. The van der Waals surface area contributed by atoms with Crippen LogP contribution < -0.4 is 5.32 Å². The van der Waals surface area contributed by atoms with Crippen LogP contribution in [0.3, 0.4) is 0 Å². The van der Waals surface area contributed by atoms with Crippen LogP contribution >= 0.6 is 11.6 Å². The third-order valence-electron chi connectivity index (χ3n) is 3.44. The molecular weight excluding hydrogens is 297 g/mol. The molecule has 0 aromatic heterocycles. The second-order valence-corrected chi connectivity index (χ2v) is 5.29. The van der Waals surface area contributed by atoms with Gasteiger partial charge in [0.2, 0.25) is 0 Å². The van der Waals surface area contributed by atoms with Crippen molar-refractivity contribution in [2.45, 2.75) is 0 Å². The van der Waals surface area contributed by atoms with Crippen LogP contribution in [0, 0.1) is 5.82 Å². The van der Waals surface area contributed by atoms with Gasteiger partial charge in [0.05, 0.1) is 11.6 Å². The number of carbonyl (C=O) groups is 1. The highest BCUT2D eigenvalue weighted by Gasteiger charge is 2.20. The maximum Gasteiger partial charge on any atom is 0.321 e. The molecule has 0 unspecified atom stereocenters. The van der Waals surface area contributed by atoms with Crippen molar-refractivity contribution >= 4 is 23.3 Å². The Morgan fingerprint density at radius 3 is 2.71 bits per heavy atom. The monoisotopic (exact) mass is 315 g/mol. The fraction of sp³-hybridized carbons (Fsp3) is 0.500. The Morgan fingerprint density at radius 1 is 1.38 bits per heavy atom. The summed E-state index contributed by atoms with van der Waals surface area (Å²) < 4.78 is 18.1. The van der Waals surface area contributed by atoms with E-state index < -0.39 is 5.82 Å². The van der Waals surface area contributed by atoms with Crippen LogP contribution in [-0.4, -0.2) is 62.3 Å². The second kappa shape index (κ2) is 7.59. The Balaban J connectivity index is 1.83. The van der Waals surface area contributed by atoms with E-state index >= 15 is 0 Å². The molecule has 2 rings (SSSR count). The molecule has 0 spiro atoms. The predicted molar refractivity (Wildman–Crippen MR) is 80.3 cm³/mol. The van der Waals surface area contributed by atoms with Gasteiger partial charge in [-0.2, -0.15) is 0 Å². The van der Waals surface area contributed by atoms with Gasteiger partial charge in [0.1, 0.15) is 5.82 Å². The van der Waals surface area contributed by atoms with Crippen LogP contribution in [0.1, 0.15) is 0 Å². The minimum Gasteiger partial charge on any atom is -0.383 e. The van der Waals surface area contributed by atoms with E-state index in [2.05, 4.69) is 10.2 Å². The largest absolute Gasteiger partial charge is 0.383 e. The number of piperazine rings is 1. The van der Waals surface area contributed by atoms with E-state index in [1.807, 2.05) is 0 Å². The molecule has 0 radical (unpaired) electrons. The van der Waals surface area contributed by atoms with Crippen LogP contribution in [0.2, 0.25) is 5.02 Å². The molecule has 1 aliphatic heterocycles. The van der Waals surface area contributed by atoms with Gasteiger partial charge in [-0.25, -0.2) is 9.18 Å². The summed E-state index contributed by atoms with van der Waals surface area (Å²) >= 11 is 5.69. The number of hydrogen-bond acceptors (Lipinski definition) is 3. The molecule has 0 saturated carbocycles. The molecule has 1 N–H and O–H groups in total. The Morgan fingerprint density at radius 2 is 2.10 bits per heavy atom.